The van der Waals surface area contributed by atoms with Crippen LogP contribution in [0.25, 0.3) is 0 Å². The molecule has 1 aromatic carbocycles. The maximum atomic E-state index is 13.4. The summed E-state index contributed by atoms with van der Waals surface area (Å²) < 4.78 is 13.4. The van der Waals surface area contributed by atoms with Crippen molar-refractivity contribution >= 4 is 5.69 Å². The van der Waals surface area contributed by atoms with Gasteiger partial charge in [0.15, 0.2) is 0 Å². The number of nitrogens with two attached hydrogens (primary N) is 1. The second kappa shape index (κ2) is 6.51. The number of aliphatic hydroxyl groups is 2. The Morgan fingerprint density at radius 2 is 2.12 bits per heavy atom. The minimum absolute atomic E-state index is 0.144. The summed E-state index contributed by atoms with van der Waals surface area (Å²) in [5.41, 5.74) is 2.66. The average Bonchev–Trinajstić information content (AvgIpc) is 2.34. The lowest BCUT2D eigenvalue weighted by molar-refractivity contribution is 0.0139. The second-order valence-electron chi connectivity index (χ2n) is 3.79. The first-order chi connectivity index (χ1) is 8.10. The summed E-state index contributed by atoms with van der Waals surface area (Å²) in [6.07, 6.45) is -1.65. The molecule has 0 heterocycles. The van der Waals surface area contributed by atoms with Crippen LogP contribution in [0.1, 0.15) is 18.1 Å². The third kappa shape index (κ3) is 3.64. The van der Waals surface area contributed by atoms with Crippen LogP contribution in [0.4, 0.5) is 10.1 Å². The number of nitrogens with one attached hydrogen (secondary N) is 2. The molecular formula is C11H18FN3O2. The van der Waals surface area contributed by atoms with Crippen molar-refractivity contribution in [3.8, 4) is 0 Å². The highest BCUT2D eigenvalue weighted by Crippen LogP contribution is 2.23. The first-order valence-electron chi connectivity index (χ1n) is 5.37. The normalized spacial score (nSPS) is 14.4. The molecule has 2 atom stereocenters. The van der Waals surface area contributed by atoms with E-state index in [9.17, 15) is 14.6 Å². The van der Waals surface area contributed by atoms with Crippen LogP contribution in [0.15, 0.2) is 18.2 Å². The quantitative estimate of drug-likeness (QED) is 0.361. The number of anilines is 1. The molecule has 1 rings (SSSR count). The molecule has 17 heavy (non-hydrogen) atoms. The molecule has 0 aromatic heterocycles. The van der Waals surface area contributed by atoms with E-state index in [1.165, 1.54) is 12.1 Å². The number of nitrogen functional groups attached to an aromatic ring is 1. The van der Waals surface area contributed by atoms with Crippen molar-refractivity contribution in [2.75, 3.05) is 19.0 Å². The summed E-state index contributed by atoms with van der Waals surface area (Å²) in [6, 6.07) is 4.09. The van der Waals surface area contributed by atoms with Gasteiger partial charge in [-0.2, -0.15) is 0 Å². The Morgan fingerprint density at radius 1 is 1.41 bits per heavy atom. The first kappa shape index (κ1) is 13.9. The van der Waals surface area contributed by atoms with Crippen LogP contribution in [-0.4, -0.2) is 29.9 Å². The number of hydrogen-bond donors (Lipinski definition) is 5. The van der Waals surface area contributed by atoms with Crippen LogP contribution in [0.5, 0.6) is 0 Å². The average molecular weight is 243 g/mol. The zero-order valence-electron chi connectivity index (χ0n) is 9.65. The van der Waals surface area contributed by atoms with Crippen LogP contribution in [-0.2, 0) is 0 Å². The van der Waals surface area contributed by atoms with Gasteiger partial charge in [-0.15, -0.1) is 0 Å². The van der Waals surface area contributed by atoms with Crippen molar-refractivity contribution in [1.29, 1.82) is 0 Å². The standard InChI is InChI=1S/C11H18FN3O2/c1-14-5-4-10(16)11(17)7-2-3-9(15-13)8(12)6-7/h2-3,6,10-11,14-17H,4-5,13H2,1H3. The predicted molar refractivity (Wildman–Crippen MR) is 63.7 cm³/mol. The van der Waals surface area contributed by atoms with E-state index in [-0.39, 0.29) is 5.69 Å². The van der Waals surface area contributed by atoms with E-state index in [1.54, 1.807) is 7.05 Å². The Morgan fingerprint density at radius 3 is 2.65 bits per heavy atom. The van der Waals surface area contributed by atoms with Gasteiger partial charge in [0.25, 0.3) is 0 Å². The lowest BCUT2D eigenvalue weighted by atomic mass is 10.0. The summed E-state index contributed by atoms with van der Waals surface area (Å²) in [5, 5.41) is 22.3. The largest absolute Gasteiger partial charge is 0.390 e. The molecule has 1 aromatic rings. The van der Waals surface area contributed by atoms with Crippen molar-refractivity contribution in [3.63, 3.8) is 0 Å². The number of benzene rings is 1. The molecule has 0 aliphatic rings. The zero-order chi connectivity index (χ0) is 12.8. The summed E-state index contributed by atoms with van der Waals surface area (Å²) in [7, 11) is 1.75. The molecule has 0 saturated heterocycles. The van der Waals surface area contributed by atoms with Crippen molar-refractivity contribution in [3.05, 3.63) is 29.6 Å². The van der Waals surface area contributed by atoms with Gasteiger partial charge in [-0.05, 0) is 37.7 Å². The number of hydrogen-bond acceptors (Lipinski definition) is 5. The Hall–Kier alpha value is -1.21. The Kier molecular flexibility index (Phi) is 5.30. The molecule has 6 heteroatoms. The first-order valence-corrected chi connectivity index (χ1v) is 5.37. The third-order valence-electron chi connectivity index (χ3n) is 2.54. The van der Waals surface area contributed by atoms with Crippen LogP contribution < -0.4 is 16.6 Å². The van der Waals surface area contributed by atoms with Gasteiger partial charge in [0.1, 0.15) is 11.9 Å². The highest BCUT2D eigenvalue weighted by Gasteiger charge is 2.18. The molecule has 0 aliphatic carbocycles. The minimum Gasteiger partial charge on any atom is -0.390 e. The van der Waals surface area contributed by atoms with Crippen molar-refractivity contribution in [1.82, 2.24) is 5.32 Å². The van der Waals surface area contributed by atoms with Gasteiger partial charge in [0.05, 0.1) is 11.8 Å². The monoisotopic (exact) mass is 243 g/mol. The smallest absolute Gasteiger partial charge is 0.147 e. The zero-order valence-corrected chi connectivity index (χ0v) is 9.65. The summed E-state index contributed by atoms with van der Waals surface area (Å²) in [5.74, 6) is 4.53. The SMILES string of the molecule is CNCCC(O)C(O)c1ccc(NN)c(F)c1. The fraction of sp³-hybridized carbons (Fsp3) is 0.455. The topological polar surface area (TPSA) is 90.5 Å². The highest BCUT2D eigenvalue weighted by atomic mass is 19.1. The van der Waals surface area contributed by atoms with E-state index in [1.807, 2.05) is 0 Å². The van der Waals surface area contributed by atoms with E-state index < -0.39 is 18.0 Å². The Balaban J connectivity index is 2.74. The maximum Gasteiger partial charge on any atom is 0.147 e. The Labute approximate surface area is 99.4 Å². The fourth-order valence-corrected chi connectivity index (χ4v) is 1.50. The summed E-state index contributed by atoms with van der Waals surface area (Å²) in [4.78, 5) is 0. The molecular weight excluding hydrogens is 225 g/mol. The maximum absolute atomic E-state index is 13.4. The number of rotatable bonds is 6. The molecule has 0 amide bonds. The molecule has 96 valence electrons. The number of halogens is 1. The van der Waals surface area contributed by atoms with E-state index in [0.29, 0.717) is 18.5 Å². The van der Waals surface area contributed by atoms with Gasteiger partial charge in [-0.3, -0.25) is 5.84 Å². The Bertz CT molecular complexity index is 363. The van der Waals surface area contributed by atoms with Gasteiger partial charge in [-0.25, -0.2) is 4.39 Å². The van der Waals surface area contributed by atoms with Crippen molar-refractivity contribution in [2.24, 2.45) is 5.84 Å². The van der Waals surface area contributed by atoms with Gasteiger partial charge in [0, 0.05) is 0 Å². The van der Waals surface area contributed by atoms with Crippen molar-refractivity contribution in [2.45, 2.75) is 18.6 Å². The molecule has 0 aliphatic heterocycles. The van der Waals surface area contributed by atoms with E-state index >= 15 is 0 Å². The third-order valence-corrected chi connectivity index (χ3v) is 2.54. The van der Waals surface area contributed by atoms with Crippen LogP contribution in [0, 0.1) is 5.82 Å². The fourth-order valence-electron chi connectivity index (χ4n) is 1.50. The van der Waals surface area contributed by atoms with Crippen molar-refractivity contribution < 1.29 is 14.6 Å². The molecule has 0 bridgehead atoms. The lowest BCUT2D eigenvalue weighted by Crippen LogP contribution is -2.23. The number of hydrazine groups is 1. The van der Waals surface area contributed by atoms with Crippen LogP contribution >= 0.6 is 0 Å². The van der Waals surface area contributed by atoms with Crippen LogP contribution in [0.2, 0.25) is 0 Å². The minimum atomic E-state index is -1.11. The predicted octanol–water partition coefficient (Wildman–Crippen LogP) is 0.115. The summed E-state index contributed by atoms with van der Waals surface area (Å²) >= 11 is 0. The molecule has 0 fully saturated rings. The van der Waals surface area contributed by atoms with Gasteiger partial charge < -0.3 is 21.0 Å². The molecule has 6 N–H and O–H groups in total. The van der Waals surface area contributed by atoms with E-state index in [0.717, 1.165) is 6.07 Å². The molecule has 0 spiro atoms. The molecule has 5 nitrogen and oxygen atoms in total. The second-order valence-corrected chi connectivity index (χ2v) is 3.79. The molecule has 0 radical (unpaired) electrons. The van der Waals surface area contributed by atoms with Crippen LogP contribution in [0.3, 0.4) is 0 Å². The number of aliphatic hydroxyl groups excluding tert-OH is 2. The highest BCUT2D eigenvalue weighted by molar-refractivity contribution is 5.45. The van der Waals surface area contributed by atoms with E-state index in [2.05, 4.69) is 10.7 Å². The lowest BCUT2D eigenvalue weighted by Gasteiger charge is -2.18. The van der Waals surface area contributed by atoms with Gasteiger partial charge >= 0.3 is 0 Å². The molecule has 0 saturated carbocycles. The van der Waals surface area contributed by atoms with Gasteiger partial charge in [0.2, 0.25) is 0 Å². The summed E-state index contributed by atoms with van der Waals surface area (Å²) in [6.45, 7) is 0.573. The van der Waals surface area contributed by atoms with E-state index in [4.69, 9.17) is 5.84 Å². The molecule has 2 unspecified atom stereocenters. The van der Waals surface area contributed by atoms with Gasteiger partial charge in [-0.1, -0.05) is 6.07 Å².